The number of aromatic nitrogens is 1. The van der Waals surface area contributed by atoms with Crippen LogP contribution in [0, 0.1) is 0 Å². The van der Waals surface area contributed by atoms with E-state index < -0.39 is 17.1 Å². The first-order valence-corrected chi connectivity index (χ1v) is 8.68. The lowest BCUT2D eigenvalue weighted by Crippen LogP contribution is -2.17. The molecule has 2 amide bonds. The number of furan rings is 1. The van der Waals surface area contributed by atoms with E-state index in [4.69, 9.17) is 9.15 Å². The second kappa shape index (κ2) is 6.73. The second-order valence-electron chi connectivity index (χ2n) is 5.68. The van der Waals surface area contributed by atoms with Crippen LogP contribution in [0.4, 0.5) is 4.79 Å². The van der Waals surface area contributed by atoms with Gasteiger partial charge in [0.1, 0.15) is 11.3 Å². The number of fused-ring (bicyclic) bond motifs is 1. The van der Waals surface area contributed by atoms with Gasteiger partial charge in [-0.05, 0) is 35.5 Å². The van der Waals surface area contributed by atoms with Gasteiger partial charge in [0.2, 0.25) is 0 Å². The van der Waals surface area contributed by atoms with Crippen molar-refractivity contribution in [2.45, 2.75) is 0 Å². The van der Waals surface area contributed by atoms with Crippen LogP contribution in [-0.2, 0) is 9.53 Å². The molecule has 8 heteroatoms. The highest BCUT2D eigenvalue weighted by Crippen LogP contribution is 2.32. The average molecular weight is 380 g/mol. The lowest BCUT2D eigenvalue weighted by atomic mass is 10.0. The van der Waals surface area contributed by atoms with Gasteiger partial charge in [0.15, 0.2) is 0 Å². The maximum Gasteiger partial charge on any atom is 0.337 e. The third-order valence-corrected chi connectivity index (χ3v) is 4.78. The third-order valence-electron chi connectivity index (χ3n) is 3.97. The molecule has 1 aromatic carbocycles. The lowest BCUT2D eigenvalue weighted by molar-refractivity contribution is -0.115. The molecule has 3 heterocycles. The van der Waals surface area contributed by atoms with Crippen LogP contribution in [-0.4, -0.2) is 29.2 Å². The molecule has 4 rings (SSSR count). The molecule has 27 heavy (non-hydrogen) atoms. The van der Waals surface area contributed by atoms with E-state index in [2.05, 4.69) is 10.3 Å². The molecule has 134 valence electrons. The molecular formula is C19H12N2O5S. The lowest BCUT2D eigenvalue weighted by Gasteiger charge is -2.04. The van der Waals surface area contributed by atoms with Crippen molar-refractivity contribution in [3.8, 4) is 11.1 Å². The molecule has 0 atom stereocenters. The van der Waals surface area contributed by atoms with Crippen molar-refractivity contribution in [3.05, 3.63) is 59.0 Å². The van der Waals surface area contributed by atoms with E-state index in [-0.39, 0.29) is 4.91 Å². The summed E-state index contributed by atoms with van der Waals surface area (Å²) in [6.45, 7) is 0. The maximum atomic E-state index is 11.7. The van der Waals surface area contributed by atoms with Gasteiger partial charge < -0.3 is 9.15 Å². The predicted molar refractivity (Wildman–Crippen MR) is 99.9 cm³/mol. The molecule has 0 radical (unpaired) electrons. The number of pyridine rings is 1. The minimum absolute atomic E-state index is 0.274. The summed E-state index contributed by atoms with van der Waals surface area (Å²) in [5.74, 6) is -0.410. The molecule has 0 saturated carbocycles. The molecule has 1 N–H and O–H groups in total. The van der Waals surface area contributed by atoms with Crippen molar-refractivity contribution in [1.29, 1.82) is 0 Å². The number of carbonyl (C=O) groups is 3. The van der Waals surface area contributed by atoms with E-state index in [0.29, 0.717) is 16.9 Å². The zero-order valence-electron chi connectivity index (χ0n) is 14.0. The zero-order chi connectivity index (χ0) is 19.0. The Hall–Kier alpha value is -3.39. The summed E-state index contributed by atoms with van der Waals surface area (Å²) >= 11 is 0.828. The minimum Gasteiger partial charge on any atom is -0.465 e. The molecule has 0 bridgehead atoms. The fourth-order valence-corrected chi connectivity index (χ4v) is 3.38. The summed E-state index contributed by atoms with van der Waals surface area (Å²) in [5.41, 5.74) is 2.60. The molecule has 0 spiro atoms. The number of nitrogens with one attached hydrogen (secondary N) is 1. The standard InChI is InChI=1S/C19H12N2O5S/c1-25-18(23)11-4-2-10(3-5-11)14-9-20-8-12-6-13(26-16(12)14)7-15-17(22)21-19(24)27-15/h2-9H,1H3,(H,21,22,24)/b15-7+. The van der Waals surface area contributed by atoms with Gasteiger partial charge in [-0.2, -0.15) is 0 Å². The summed E-state index contributed by atoms with van der Waals surface area (Å²) in [5, 5.41) is 2.55. The van der Waals surface area contributed by atoms with Crippen LogP contribution in [0.3, 0.4) is 0 Å². The number of esters is 1. The summed E-state index contributed by atoms with van der Waals surface area (Å²) in [7, 11) is 1.33. The molecule has 1 fully saturated rings. The number of carbonyl (C=O) groups excluding carboxylic acids is 3. The molecule has 1 aliphatic heterocycles. The first-order valence-electron chi connectivity index (χ1n) is 7.86. The van der Waals surface area contributed by atoms with E-state index in [1.165, 1.54) is 13.2 Å². The van der Waals surface area contributed by atoms with Crippen LogP contribution in [0.25, 0.3) is 28.2 Å². The molecule has 2 aromatic heterocycles. The molecule has 7 nitrogen and oxygen atoms in total. The second-order valence-corrected chi connectivity index (χ2v) is 6.69. The number of imide groups is 1. The summed E-state index contributed by atoms with van der Waals surface area (Å²) in [4.78, 5) is 39.0. The van der Waals surface area contributed by atoms with Gasteiger partial charge in [0, 0.05) is 29.4 Å². The Balaban J connectivity index is 1.73. The Kier molecular flexibility index (Phi) is 4.25. The number of hydrogen-bond donors (Lipinski definition) is 1. The first kappa shape index (κ1) is 17.0. The molecule has 0 unspecified atom stereocenters. The normalized spacial score (nSPS) is 15.4. The van der Waals surface area contributed by atoms with Crippen LogP contribution in [0.1, 0.15) is 16.1 Å². The number of amides is 2. The quantitative estimate of drug-likeness (QED) is 0.547. The van der Waals surface area contributed by atoms with Crippen molar-refractivity contribution >= 4 is 45.9 Å². The minimum atomic E-state index is -0.442. The number of hydrogen-bond acceptors (Lipinski definition) is 7. The first-order chi connectivity index (χ1) is 13.0. The number of thioether (sulfide) groups is 1. The van der Waals surface area contributed by atoms with E-state index in [0.717, 1.165) is 28.3 Å². The van der Waals surface area contributed by atoms with Gasteiger partial charge in [0.25, 0.3) is 11.1 Å². The van der Waals surface area contributed by atoms with Crippen molar-refractivity contribution in [3.63, 3.8) is 0 Å². The van der Waals surface area contributed by atoms with Gasteiger partial charge in [-0.15, -0.1) is 0 Å². The molecule has 3 aromatic rings. The van der Waals surface area contributed by atoms with E-state index >= 15 is 0 Å². The highest BCUT2D eigenvalue weighted by molar-refractivity contribution is 8.18. The topological polar surface area (TPSA) is 98.5 Å². The predicted octanol–water partition coefficient (Wildman–Crippen LogP) is 3.61. The Bertz CT molecular complexity index is 1110. The van der Waals surface area contributed by atoms with Crippen LogP contribution in [0.2, 0.25) is 0 Å². The monoisotopic (exact) mass is 380 g/mol. The number of methoxy groups -OCH3 is 1. The van der Waals surface area contributed by atoms with E-state index in [1.807, 2.05) is 0 Å². The van der Waals surface area contributed by atoms with E-state index in [9.17, 15) is 14.4 Å². The number of ether oxygens (including phenoxy) is 1. The van der Waals surface area contributed by atoms with Gasteiger partial charge in [-0.3, -0.25) is 19.9 Å². The smallest absolute Gasteiger partial charge is 0.337 e. The Morgan fingerprint density at radius 1 is 1.22 bits per heavy atom. The van der Waals surface area contributed by atoms with Crippen molar-refractivity contribution in [2.75, 3.05) is 7.11 Å². The highest BCUT2D eigenvalue weighted by atomic mass is 32.2. The van der Waals surface area contributed by atoms with Crippen molar-refractivity contribution < 1.29 is 23.5 Å². The molecule has 1 aliphatic rings. The van der Waals surface area contributed by atoms with Crippen LogP contribution in [0.15, 0.2) is 52.0 Å². The Morgan fingerprint density at radius 3 is 2.67 bits per heavy atom. The zero-order valence-corrected chi connectivity index (χ0v) is 14.8. The Morgan fingerprint density at radius 2 is 2.00 bits per heavy atom. The van der Waals surface area contributed by atoms with E-state index in [1.54, 1.807) is 42.7 Å². The highest BCUT2D eigenvalue weighted by Gasteiger charge is 2.25. The fraction of sp³-hybridized carbons (Fsp3) is 0.0526. The Labute approximate surface area is 157 Å². The van der Waals surface area contributed by atoms with Gasteiger partial charge in [0.05, 0.1) is 17.6 Å². The summed E-state index contributed by atoms with van der Waals surface area (Å²) in [6, 6.07) is 8.64. The van der Waals surface area contributed by atoms with Crippen LogP contribution in [0.5, 0.6) is 0 Å². The summed E-state index contributed by atoms with van der Waals surface area (Å²) in [6.07, 6.45) is 4.84. The SMILES string of the molecule is COC(=O)c1ccc(-c2cncc3cc(/C=C4/SC(=O)NC4=O)oc23)cc1. The van der Waals surface area contributed by atoms with Gasteiger partial charge in [-0.1, -0.05) is 12.1 Å². The van der Waals surface area contributed by atoms with Gasteiger partial charge >= 0.3 is 5.97 Å². The molecule has 0 aliphatic carbocycles. The maximum absolute atomic E-state index is 11.7. The van der Waals surface area contributed by atoms with Gasteiger partial charge in [-0.25, -0.2) is 4.79 Å². The number of rotatable bonds is 3. The fourth-order valence-electron chi connectivity index (χ4n) is 2.71. The summed E-state index contributed by atoms with van der Waals surface area (Å²) < 4.78 is 10.6. The average Bonchev–Trinajstić information content (AvgIpc) is 3.23. The number of benzene rings is 1. The van der Waals surface area contributed by atoms with Crippen LogP contribution < -0.4 is 5.32 Å². The third kappa shape index (κ3) is 3.22. The number of nitrogens with zero attached hydrogens (tertiary/aromatic N) is 1. The van der Waals surface area contributed by atoms with Crippen molar-refractivity contribution in [1.82, 2.24) is 10.3 Å². The molecular weight excluding hydrogens is 368 g/mol. The molecule has 1 saturated heterocycles. The largest absolute Gasteiger partial charge is 0.465 e. The van der Waals surface area contributed by atoms with Crippen molar-refractivity contribution in [2.24, 2.45) is 0 Å². The van der Waals surface area contributed by atoms with Crippen LogP contribution >= 0.6 is 11.8 Å².